The van der Waals surface area contributed by atoms with Gasteiger partial charge in [-0.3, -0.25) is 10.1 Å². The van der Waals surface area contributed by atoms with Crippen LogP contribution in [0, 0.1) is 10.1 Å². The van der Waals surface area contributed by atoms with Crippen LogP contribution in [0.25, 0.3) is 0 Å². The van der Waals surface area contributed by atoms with Crippen LogP contribution in [0.3, 0.4) is 0 Å². The first-order valence-corrected chi connectivity index (χ1v) is 6.87. The monoisotopic (exact) mass is 341 g/mol. The molecule has 0 fully saturated rings. The number of rotatable bonds is 4. The minimum absolute atomic E-state index is 0.0552. The van der Waals surface area contributed by atoms with Crippen molar-refractivity contribution in [1.29, 1.82) is 0 Å². The van der Waals surface area contributed by atoms with Crippen LogP contribution >= 0.6 is 27.5 Å². The summed E-state index contributed by atoms with van der Waals surface area (Å²) in [7, 11) is 0. The fraction of sp³-hybridized carbons (Fsp3) is 0.0769. The van der Waals surface area contributed by atoms with Gasteiger partial charge in [0.25, 0.3) is 5.69 Å². The van der Waals surface area contributed by atoms with Gasteiger partial charge in [0.15, 0.2) is 0 Å². The van der Waals surface area contributed by atoms with Gasteiger partial charge in [-0.05, 0) is 23.8 Å². The highest BCUT2D eigenvalue weighted by Crippen LogP contribution is 2.31. The molecule has 19 heavy (non-hydrogen) atoms. The van der Waals surface area contributed by atoms with Crippen LogP contribution in [0.2, 0.25) is 5.02 Å². The Morgan fingerprint density at radius 2 is 1.79 bits per heavy atom. The number of nitro benzene ring substituents is 1. The van der Waals surface area contributed by atoms with E-state index >= 15 is 0 Å². The molecule has 0 unspecified atom stereocenters. The molecule has 0 aliphatic heterocycles. The molecule has 0 amide bonds. The maximum atomic E-state index is 10.6. The maximum absolute atomic E-state index is 10.6. The lowest BCUT2D eigenvalue weighted by Crippen LogP contribution is -1.90. The summed E-state index contributed by atoms with van der Waals surface area (Å²) < 4.78 is 5.57. The molecule has 98 valence electrons. The molecule has 0 saturated heterocycles. The lowest BCUT2D eigenvalue weighted by atomic mass is 10.2. The molecule has 0 spiro atoms. The van der Waals surface area contributed by atoms with E-state index in [1.807, 2.05) is 24.3 Å². The number of benzene rings is 2. The van der Waals surface area contributed by atoms with Crippen molar-refractivity contribution in [2.45, 2.75) is 5.33 Å². The number of alkyl halides is 1. The Bertz CT molecular complexity index is 601. The second-order valence-corrected chi connectivity index (χ2v) is 4.72. The zero-order chi connectivity index (χ0) is 13.8. The van der Waals surface area contributed by atoms with Crippen molar-refractivity contribution in [1.82, 2.24) is 0 Å². The summed E-state index contributed by atoms with van der Waals surface area (Å²) in [6, 6.07) is 11.8. The number of hydrogen-bond donors (Lipinski definition) is 0. The zero-order valence-corrected chi connectivity index (χ0v) is 12.0. The number of ether oxygens (including phenoxy) is 1. The molecule has 0 aromatic heterocycles. The fourth-order valence-electron chi connectivity index (χ4n) is 1.48. The summed E-state index contributed by atoms with van der Waals surface area (Å²) >= 11 is 9.17. The Balaban J connectivity index is 2.18. The molecular weight excluding hydrogens is 334 g/mol. The van der Waals surface area contributed by atoms with Crippen molar-refractivity contribution < 1.29 is 9.66 Å². The van der Waals surface area contributed by atoms with Crippen LogP contribution < -0.4 is 4.74 Å². The topological polar surface area (TPSA) is 52.4 Å². The van der Waals surface area contributed by atoms with Crippen molar-refractivity contribution in [3.8, 4) is 11.5 Å². The van der Waals surface area contributed by atoms with Gasteiger partial charge in [-0.1, -0.05) is 39.7 Å². The molecule has 2 aromatic rings. The molecule has 0 aliphatic rings. The molecule has 0 N–H and O–H groups in total. The highest BCUT2D eigenvalue weighted by molar-refractivity contribution is 9.08. The van der Waals surface area contributed by atoms with Crippen LogP contribution in [0.1, 0.15) is 5.56 Å². The summed E-state index contributed by atoms with van der Waals surface area (Å²) in [5.74, 6) is 1.11. The molecule has 6 heteroatoms. The Kier molecular flexibility index (Phi) is 4.39. The van der Waals surface area contributed by atoms with Gasteiger partial charge >= 0.3 is 0 Å². The molecule has 0 heterocycles. The van der Waals surface area contributed by atoms with Crippen molar-refractivity contribution in [2.75, 3.05) is 0 Å². The smallest absolute Gasteiger partial charge is 0.288 e. The summed E-state index contributed by atoms with van der Waals surface area (Å²) in [6.45, 7) is 0. The lowest BCUT2D eigenvalue weighted by molar-refractivity contribution is -0.384. The Hall–Kier alpha value is -1.59. The first kappa shape index (κ1) is 13.8. The summed E-state index contributed by atoms with van der Waals surface area (Å²) in [5, 5.41) is 11.5. The molecule has 2 aromatic carbocycles. The average Bonchev–Trinajstić information content (AvgIpc) is 2.39. The van der Waals surface area contributed by atoms with Gasteiger partial charge in [-0.2, -0.15) is 0 Å². The Labute approximate surface area is 123 Å². The van der Waals surface area contributed by atoms with Crippen LogP contribution in [0.4, 0.5) is 5.69 Å². The summed E-state index contributed by atoms with van der Waals surface area (Å²) in [4.78, 5) is 10.1. The molecule has 0 bridgehead atoms. The van der Waals surface area contributed by atoms with Crippen LogP contribution in [0.15, 0.2) is 42.5 Å². The predicted octanol–water partition coefficient (Wildman–Crippen LogP) is 4.94. The SMILES string of the molecule is O=[N+]([O-])c1ccc(Oc2ccc(CBr)cc2)cc1Cl. The van der Waals surface area contributed by atoms with Crippen molar-refractivity contribution in [3.05, 3.63) is 63.2 Å². The molecule has 0 radical (unpaired) electrons. The van der Waals surface area contributed by atoms with E-state index in [1.54, 1.807) is 0 Å². The van der Waals surface area contributed by atoms with E-state index in [9.17, 15) is 10.1 Å². The van der Waals surface area contributed by atoms with Crippen molar-refractivity contribution in [2.24, 2.45) is 0 Å². The summed E-state index contributed by atoms with van der Waals surface area (Å²) in [6.07, 6.45) is 0. The minimum atomic E-state index is -0.531. The van der Waals surface area contributed by atoms with E-state index in [4.69, 9.17) is 16.3 Å². The van der Waals surface area contributed by atoms with Crippen LogP contribution in [0.5, 0.6) is 11.5 Å². The third-order valence-electron chi connectivity index (χ3n) is 2.43. The number of hydrogen-bond acceptors (Lipinski definition) is 3. The Morgan fingerprint density at radius 3 is 2.32 bits per heavy atom. The van der Waals surface area contributed by atoms with E-state index < -0.39 is 4.92 Å². The van der Waals surface area contributed by atoms with Crippen LogP contribution in [-0.2, 0) is 5.33 Å². The Morgan fingerprint density at radius 1 is 1.16 bits per heavy atom. The van der Waals surface area contributed by atoms with E-state index in [-0.39, 0.29) is 10.7 Å². The molecule has 0 atom stereocenters. The third-order valence-corrected chi connectivity index (χ3v) is 3.38. The zero-order valence-electron chi connectivity index (χ0n) is 9.68. The van der Waals surface area contributed by atoms with Gasteiger partial charge in [0.05, 0.1) is 4.92 Å². The standard InChI is InChI=1S/C13H9BrClNO3/c14-8-9-1-3-10(4-2-9)19-11-5-6-13(16(17)18)12(15)7-11/h1-7H,8H2. The lowest BCUT2D eigenvalue weighted by Gasteiger charge is -2.06. The van der Waals surface area contributed by atoms with E-state index in [0.29, 0.717) is 11.5 Å². The van der Waals surface area contributed by atoms with Gasteiger partial charge in [0.2, 0.25) is 0 Å². The minimum Gasteiger partial charge on any atom is -0.457 e. The fourth-order valence-corrected chi connectivity index (χ4v) is 2.10. The third kappa shape index (κ3) is 3.45. The average molecular weight is 343 g/mol. The first-order valence-electron chi connectivity index (χ1n) is 5.37. The normalized spacial score (nSPS) is 10.2. The van der Waals surface area contributed by atoms with Gasteiger partial charge in [-0.25, -0.2) is 0 Å². The van der Waals surface area contributed by atoms with Crippen LogP contribution in [-0.4, -0.2) is 4.92 Å². The number of nitro groups is 1. The molecule has 0 aliphatic carbocycles. The van der Waals surface area contributed by atoms with E-state index in [1.165, 1.54) is 18.2 Å². The van der Waals surface area contributed by atoms with Crippen molar-refractivity contribution in [3.63, 3.8) is 0 Å². The molecular formula is C13H9BrClNO3. The van der Waals surface area contributed by atoms with Gasteiger partial charge in [-0.15, -0.1) is 0 Å². The van der Waals surface area contributed by atoms with Crippen molar-refractivity contribution >= 4 is 33.2 Å². The first-order chi connectivity index (χ1) is 9.10. The molecule has 2 rings (SSSR count). The van der Waals surface area contributed by atoms with E-state index in [0.717, 1.165) is 10.9 Å². The number of halogens is 2. The molecule has 4 nitrogen and oxygen atoms in total. The maximum Gasteiger partial charge on any atom is 0.288 e. The summed E-state index contributed by atoms with van der Waals surface area (Å²) in [5.41, 5.74) is 0.998. The second-order valence-electron chi connectivity index (χ2n) is 3.75. The van der Waals surface area contributed by atoms with Gasteiger partial charge < -0.3 is 4.74 Å². The largest absolute Gasteiger partial charge is 0.457 e. The highest BCUT2D eigenvalue weighted by Gasteiger charge is 2.12. The van der Waals surface area contributed by atoms with Gasteiger partial charge in [0, 0.05) is 17.5 Å². The second kappa shape index (κ2) is 6.04. The van der Waals surface area contributed by atoms with Gasteiger partial charge in [0.1, 0.15) is 16.5 Å². The highest BCUT2D eigenvalue weighted by atomic mass is 79.9. The molecule has 0 saturated carbocycles. The van der Waals surface area contributed by atoms with E-state index in [2.05, 4.69) is 15.9 Å². The quantitative estimate of drug-likeness (QED) is 0.449. The predicted molar refractivity (Wildman–Crippen MR) is 77.3 cm³/mol. The number of nitrogens with zero attached hydrogens (tertiary/aromatic N) is 1.